The molecule has 0 saturated heterocycles. The number of hydrazine groups is 1. The van der Waals surface area contributed by atoms with E-state index in [0.29, 0.717) is 30.4 Å². The SMILES string of the molecule is Cc1ccc(NS(=O)(=O)c2ccc(C(=O)NNC(=O)c3ccc4c(c3)OCCO4)cc2)cc1C. The van der Waals surface area contributed by atoms with Gasteiger partial charge in [-0.2, -0.15) is 0 Å². The normalized spacial score (nSPS) is 12.5. The van der Waals surface area contributed by atoms with Gasteiger partial charge in [-0.25, -0.2) is 8.42 Å². The molecule has 3 aromatic carbocycles. The number of carbonyl (C=O) groups is 2. The van der Waals surface area contributed by atoms with Crippen molar-refractivity contribution >= 4 is 27.5 Å². The van der Waals surface area contributed by atoms with Crippen molar-refractivity contribution in [1.29, 1.82) is 0 Å². The first-order valence-electron chi connectivity index (χ1n) is 10.4. The Balaban J connectivity index is 1.38. The Morgan fingerprint density at radius 1 is 0.735 bits per heavy atom. The summed E-state index contributed by atoms with van der Waals surface area (Å²) in [5.41, 5.74) is 7.56. The van der Waals surface area contributed by atoms with Crippen LogP contribution in [-0.2, 0) is 10.0 Å². The third kappa shape index (κ3) is 5.12. The molecule has 0 spiro atoms. The molecule has 9 nitrogen and oxygen atoms in total. The van der Waals surface area contributed by atoms with Crippen molar-refractivity contribution in [2.75, 3.05) is 17.9 Å². The second kappa shape index (κ2) is 9.44. The van der Waals surface area contributed by atoms with Gasteiger partial charge < -0.3 is 9.47 Å². The molecule has 0 bridgehead atoms. The Labute approximate surface area is 197 Å². The van der Waals surface area contributed by atoms with Crippen molar-refractivity contribution in [3.63, 3.8) is 0 Å². The summed E-state index contributed by atoms with van der Waals surface area (Å²) in [5.74, 6) is -0.135. The molecule has 2 amide bonds. The largest absolute Gasteiger partial charge is 0.486 e. The number of hydrogen-bond donors (Lipinski definition) is 3. The van der Waals surface area contributed by atoms with E-state index in [0.717, 1.165) is 11.1 Å². The molecule has 34 heavy (non-hydrogen) atoms. The van der Waals surface area contributed by atoms with Gasteiger partial charge in [0.25, 0.3) is 21.8 Å². The van der Waals surface area contributed by atoms with E-state index in [-0.39, 0.29) is 16.0 Å². The highest BCUT2D eigenvalue weighted by Crippen LogP contribution is 2.30. The van der Waals surface area contributed by atoms with Crippen molar-refractivity contribution in [2.45, 2.75) is 18.7 Å². The van der Waals surface area contributed by atoms with Gasteiger partial charge in [-0.05, 0) is 79.6 Å². The van der Waals surface area contributed by atoms with E-state index in [1.807, 2.05) is 19.9 Å². The zero-order chi connectivity index (χ0) is 24.3. The zero-order valence-corrected chi connectivity index (χ0v) is 19.4. The Morgan fingerprint density at radius 2 is 1.35 bits per heavy atom. The molecule has 10 heteroatoms. The van der Waals surface area contributed by atoms with E-state index >= 15 is 0 Å². The minimum absolute atomic E-state index is 0.00240. The molecule has 176 valence electrons. The molecule has 0 unspecified atom stereocenters. The van der Waals surface area contributed by atoms with Crippen molar-refractivity contribution < 1.29 is 27.5 Å². The van der Waals surface area contributed by atoms with E-state index < -0.39 is 21.8 Å². The highest BCUT2D eigenvalue weighted by molar-refractivity contribution is 7.92. The van der Waals surface area contributed by atoms with Gasteiger partial charge >= 0.3 is 0 Å². The fourth-order valence-corrected chi connectivity index (χ4v) is 4.30. The van der Waals surface area contributed by atoms with Gasteiger partial charge in [0, 0.05) is 16.8 Å². The molecule has 0 aliphatic carbocycles. The smallest absolute Gasteiger partial charge is 0.269 e. The summed E-state index contributed by atoms with van der Waals surface area (Å²) < 4.78 is 38.7. The van der Waals surface area contributed by atoms with Crippen LogP contribution in [0.15, 0.2) is 65.6 Å². The number of benzene rings is 3. The Bertz CT molecular complexity index is 1350. The quantitative estimate of drug-likeness (QED) is 0.482. The van der Waals surface area contributed by atoms with Crippen LogP contribution in [0.3, 0.4) is 0 Å². The second-order valence-electron chi connectivity index (χ2n) is 7.70. The van der Waals surface area contributed by atoms with Gasteiger partial charge in [0.2, 0.25) is 0 Å². The fourth-order valence-electron chi connectivity index (χ4n) is 3.25. The fraction of sp³-hybridized carbons (Fsp3) is 0.167. The standard InChI is InChI=1S/C24H23N3O6S/c1-15-3-7-19(13-16(15)2)27-34(30,31)20-8-4-17(5-9-20)23(28)25-26-24(29)18-6-10-21-22(14-18)33-12-11-32-21/h3-10,13-14,27H,11-12H2,1-2H3,(H,25,28)(H,26,29). The highest BCUT2D eigenvalue weighted by Gasteiger charge is 2.17. The number of hydrogen-bond acceptors (Lipinski definition) is 6. The van der Waals surface area contributed by atoms with Crippen molar-refractivity contribution in [2.24, 2.45) is 0 Å². The summed E-state index contributed by atoms with van der Waals surface area (Å²) in [6.45, 7) is 4.67. The van der Waals surface area contributed by atoms with Gasteiger partial charge in [0.15, 0.2) is 11.5 Å². The number of amides is 2. The van der Waals surface area contributed by atoms with Crippen molar-refractivity contribution in [1.82, 2.24) is 10.9 Å². The number of rotatable bonds is 5. The van der Waals surface area contributed by atoms with E-state index in [2.05, 4.69) is 15.6 Å². The molecule has 3 aromatic rings. The van der Waals surface area contributed by atoms with Gasteiger partial charge in [0.05, 0.1) is 4.90 Å². The number of anilines is 1. The molecule has 4 rings (SSSR count). The van der Waals surface area contributed by atoms with Crippen LogP contribution in [0.25, 0.3) is 0 Å². The van der Waals surface area contributed by atoms with Crippen LogP contribution in [0.2, 0.25) is 0 Å². The summed E-state index contributed by atoms with van der Waals surface area (Å²) in [7, 11) is -3.83. The predicted molar refractivity (Wildman–Crippen MR) is 126 cm³/mol. The summed E-state index contributed by atoms with van der Waals surface area (Å²) in [6, 6.07) is 15.3. The number of aryl methyl sites for hydroxylation is 2. The number of nitrogens with one attached hydrogen (secondary N) is 3. The Kier molecular flexibility index (Phi) is 6.42. The van der Waals surface area contributed by atoms with Gasteiger partial charge in [0.1, 0.15) is 13.2 Å². The first-order valence-corrected chi connectivity index (χ1v) is 11.9. The van der Waals surface area contributed by atoms with E-state index in [1.165, 1.54) is 30.3 Å². The van der Waals surface area contributed by atoms with Crippen LogP contribution < -0.4 is 25.0 Å². The second-order valence-corrected chi connectivity index (χ2v) is 9.38. The van der Waals surface area contributed by atoms with E-state index in [1.54, 1.807) is 24.3 Å². The van der Waals surface area contributed by atoms with Crippen LogP contribution >= 0.6 is 0 Å². The molecule has 0 aromatic heterocycles. The lowest BCUT2D eigenvalue weighted by Gasteiger charge is -2.18. The van der Waals surface area contributed by atoms with Crippen LogP contribution in [-0.4, -0.2) is 33.4 Å². The lowest BCUT2D eigenvalue weighted by Crippen LogP contribution is -2.41. The summed E-state index contributed by atoms with van der Waals surface area (Å²) >= 11 is 0. The molecule has 0 fully saturated rings. The van der Waals surface area contributed by atoms with E-state index in [4.69, 9.17) is 9.47 Å². The lowest BCUT2D eigenvalue weighted by molar-refractivity contribution is 0.0846. The predicted octanol–water partition coefficient (Wildman–Crippen LogP) is 2.95. The molecule has 0 radical (unpaired) electrons. The third-order valence-corrected chi connectivity index (χ3v) is 6.68. The first kappa shape index (κ1) is 23.1. The lowest BCUT2D eigenvalue weighted by atomic mass is 10.1. The van der Waals surface area contributed by atoms with Crippen molar-refractivity contribution in [3.05, 3.63) is 82.9 Å². The summed E-state index contributed by atoms with van der Waals surface area (Å²) in [4.78, 5) is 24.8. The Morgan fingerprint density at radius 3 is 2.03 bits per heavy atom. The number of fused-ring (bicyclic) bond motifs is 1. The number of carbonyl (C=O) groups excluding carboxylic acids is 2. The van der Waals surface area contributed by atoms with Crippen LogP contribution in [0.1, 0.15) is 31.8 Å². The van der Waals surface area contributed by atoms with Gasteiger partial charge in [-0.1, -0.05) is 6.07 Å². The van der Waals surface area contributed by atoms with Crippen LogP contribution in [0.5, 0.6) is 11.5 Å². The molecule has 1 aliphatic rings. The maximum absolute atomic E-state index is 12.7. The summed E-state index contributed by atoms with van der Waals surface area (Å²) in [5, 5.41) is 0. The number of ether oxygens (including phenoxy) is 2. The van der Waals surface area contributed by atoms with Crippen LogP contribution in [0, 0.1) is 13.8 Å². The van der Waals surface area contributed by atoms with Crippen molar-refractivity contribution in [3.8, 4) is 11.5 Å². The highest BCUT2D eigenvalue weighted by atomic mass is 32.2. The maximum Gasteiger partial charge on any atom is 0.269 e. The van der Waals surface area contributed by atoms with E-state index in [9.17, 15) is 18.0 Å². The van der Waals surface area contributed by atoms with Crippen LogP contribution in [0.4, 0.5) is 5.69 Å². The third-order valence-electron chi connectivity index (χ3n) is 5.28. The molecule has 1 heterocycles. The zero-order valence-electron chi connectivity index (χ0n) is 18.5. The molecular weight excluding hydrogens is 458 g/mol. The molecular formula is C24H23N3O6S. The molecule has 3 N–H and O–H groups in total. The molecule has 1 aliphatic heterocycles. The monoisotopic (exact) mass is 481 g/mol. The average molecular weight is 482 g/mol. The maximum atomic E-state index is 12.7. The number of sulfonamides is 1. The summed E-state index contributed by atoms with van der Waals surface area (Å²) in [6.07, 6.45) is 0. The first-order chi connectivity index (χ1) is 16.2. The average Bonchev–Trinajstić information content (AvgIpc) is 2.84. The van der Waals surface area contributed by atoms with Gasteiger partial charge in [-0.15, -0.1) is 0 Å². The molecule has 0 saturated carbocycles. The Hall–Kier alpha value is -4.05. The topological polar surface area (TPSA) is 123 Å². The molecule has 0 atom stereocenters. The minimum atomic E-state index is -3.83. The minimum Gasteiger partial charge on any atom is -0.486 e. The van der Waals surface area contributed by atoms with Gasteiger partial charge in [-0.3, -0.25) is 25.2 Å².